The van der Waals surface area contributed by atoms with Gasteiger partial charge in [0.15, 0.2) is 0 Å². The minimum atomic E-state index is 1.17. The summed E-state index contributed by atoms with van der Waals surface area (Å²) < 4.78 is 0. The van der Waals surface area contributed by atoms with Gasteiger partial charge in [-0.15, -0.1) is 0 Å². The molecule has 0 amide bonds. The molecule has 0 saturated carbocycles. The highest BCUT2D eigenvalue weighted by atomic mass is 15.3. The Balaban J connectivity index is 1.57. The van der Waals surface area contributed by atoms with E-state index in [1.807, 2.05) is 0 Å². The van der Waals surface area contributed by atoms with Gasteiger partial charge in [-0.2, -0.15) is 0 Å². The lowest BCUT2D eigenvalue weighted by atomic mass is 10.3. The number of rotatable bonds is 5. The van der Waals surface area contributed by atoms with Gasteiger partial charge < -0.3 is 10.2 Å². The molecule has 100 valence electrons. The van der Waals surface area contributed by atoms with E-state index in [9.17, 15) is 0 Å². The fourth-order valence-electron chi connectivity index (χ4n) is 2.77. The molecule has 0 aromatic rings. The molecular weight excluding hydrogens is 212 g/mol. The van der Waals surface area contributed by atoms with Crippen LogP contribution in [0.1, 0.15) is 13.3 Å². The second kappa shape index (κ2) is 7.31. The van der Waals surface area contributed by atoms with Gasteiger partial charge >= 0.3 is 0 Å². The average Bonchev–Trinajstić information content (AvgIpc) is 2.40. The van der Waals surface area contributed by atoms with Crippen LogP contribution in [0.4, 0.5) is 0 Å². The first kappa shape index (κ1) is 13.3. The van der Waals surface area contributed by atoms with Crippen LogP contribution in [0.5, 0.6) is 0 Å². The van der Waals surface area contributed by atoms with Crippen molar-refractivity contribution in [3.63, 3.8) is 0 Å². The molecule has 0 spiro atoms. The molecule has 0 unspecified atom stereocenters. The zero-order valence-electron chi connectivity index (χ0n) is 11.3. The summed E-state index contributed by atoms with van der Waals surface area (Å²) in [6, 6.07) is 0. The molecule has 0 bridgehead atoms. The third-order valence-electron chi connectivity index (χ3n) is 3.95. The maximum atomic E-state index is 3.41. The van der Waals surface area contributed by atoms with Crippen molar-refractivity contribution < 1.29 is 0 Å². The fourth-order valence-corrected chi connectivity index (χ4v) is 2.77. The lowest BCUT2D eigenvalue weighted by Crippen LogP contribution is -2.50. The molecule has 2 aliphatic rings. The van der Waals surface area contributed by atoms with Crippen LogP contribution >= 0.6 is 0 Å². The van der Waals surface area contributed by atoms with Gasteiger partial charge in [0, 0.05) is 65.4 Å². The highest BCUT2D eigenvalue weighted by Gasteiger charge is 2.17. The minimum Gasteiger partial charge on any atom is -0.314 e. The van der Waals surface area contributed by atoms with Gasteiger partial charge in [-0.25, -0.2) is 0 Å². The van der Waals surface area contributed by atoms with Crippen molar-refractivity contribution in [2.24, 2.45) is 0 Å². The van der Waals surface area contributed by atoms with Crippen LogP contribution in [0.2, 0.25) is 0 Å². The van der Waals surface area contributed by atoms with E-state index in [0.717, 1.165) is 0 Å². The van der Waals surface area contributed by atoms with Crippen molar-refractivity contribution >= 4 is 0 Å². The van der Waals surface area contributed by atoms with Crippen molar-refractivity contribution in [1.82, 2.24) is 20.0 Å². The predicted molar refractivity (Wildman–Crippen MR) is 72.5 cm³/mol. The Bertz CT molecular complexity index is 196. The van der Waals surface area contributed by atoms with E-state index in [-0.39, 0.29) is 0 Å². The summed E-state index contributed by atoms with van der Waals surface area (Å²) in [6.07, 6.45) is 1.29. The predicted octanol–water partition coefficient (Wildman–Crippen LogP) is -0.0808. The Morgan fingerprint density at radius 1 is 0.706 bits per heavy atom. The summed E-state index contributed by atoms with van der Waals surface area (Å²) in [5, 5.41) is 3.41. The fraction of sp³-hybridized carbons (Fsp3) is 1.00. The largest absolute Gasteiger partial charge is 0.314 e. The van der Waals surface area contributed by atoms with Gasteiger partial charge in [-0.1, -0.05) is 6.92 Å². The molecule has 2 saturated heterocycles. The van der Waals surface area contributed by atoms with Crippen LogP contribution in [0.25, 0.3) is 0 Å². The SMILES string of the molecule is CCCN1CCN(CCN2CCNCC2)CC1. The molecule has 0 aromatic carbocycles. The zero-order valence-corrected chi connectivity index (χ0v) is 11.3. The van der Waals surface area contributed by atoms with Gasteiger partial charge in [0.05, 0.1) is 0 Å². The van der Waals surface area contributed by atoms with Crippen molar-refractivity contribution in [1.29, 1.82) is 0 Å². The van der Waals surface area contributed by atoms with E-state index in [1.165, 1.54) is 78.4 Å². The minimum absolute atomic E-state index is 1.17. The normalized spacial score (nSPS) is 25.2. The van der Waals surface area contributed by atoms with Crippen molar-refractivity contribution in [2.45, 2.75) is 13.3 Å². The first-order valence-electron chi connectivity index (χ1n) is 7.26. The molecular formula is C13H28N4. The maximum Gasteiger partial charge on any atom is 0.0110 e. The Hall–Kier alpha value is -0.160. The van der Waals surface area contributed by atoms with Gasteiger partial charge in [-0.05, 0) is 13.0 Å². The first-order valence-corrected chi connectivity index (χ1v) is 7.26. The maximum absolute atomic E-state index is 3.41. The molecule has 17 heavy (non-hydrogen) atoms. The Kier molecular flexibility index (Phi) is 5.71. The summed E-state index contributed by atoms with van der Waals surface area (Å²) >= 11 is 0. The van der Waals surface area contributed by atoms with Crippen LogP contribution in [0.15, 0.2) is 0 Å². The molecule has 2 fully saturated rings. The van der Waals surface area contributed by atoms with E-state index >= 15 is 0 Å². The van der Waals surface area contributed by atoms with E-state index < -0.39 is 0 Å². The molecule has 4 heteroatoms. The van der Waals surface area contributed by atoms with Gasteiger partial charge in [0.1, 0.15) is 0 Å². The molecule has 0 radical (unpaired) electrons. The zero-order chi connectivity index (χ0) is 11.9. The third kappa shape index (κ3) is 4.54. The van der Waals surface area contributed by atoms with E-state index in [0.29, 0.717) is 0 Å². The standard InChI is InChI=1S/C13H28N4/c1-2-5-15-8-11-17(12-9-15)13-10-16-6-3-14-4-7-16/h14H,2-13H2,1H3. The van der Waals surface area contributed by atoms with Crippen LogP contribution in [0, 0.1) is 0 Å². The third-order valence-corrected chi connectivity index (χ3v) is 3.95. The quantitative estimate of drug-likeness (QED) is 0.725. The highest BCUT2D eigenvalue weighted by Crippen LogP contribution is 2.03. The number of nitrogens with one attached hydrogen (secondary N) is 1. The average molecular weight is 240 g/mol. The van der Waals surface area contributed by atoms with Crippen molar-refractivity contribution in [3.8, 4) is 0 Å². The first-order chi connectivity index (χ1) is 8.38. The lowest BCUT2D eigenvalue weighted by molar-refractivity contribution is 0.115. The lowest BCUT2D eigenvalue weighted by Gasteiger charge is -2.36. The van der Waals surface area contributed by atoms with Crippen LogP contribution in [-0.4, -0.2) is 86.7 Å². The van der Waals surface area contributed by atoms with E-state index in [2.05, 4.69) is 26.9 Å². The summed E-state index contributed by atoms with van der Waals surface area (Å²) in [7, 11) is 0. The monoisotopic (exact) mass is 240 g/mol. The molecule has 2 heterocycles. The number of hydrogen-bond donors (Lipinski definition) is 1. The molecule has 4 nitrogen and oxygen atoms in total. The van der Waals surface area contributed by atoms with Crippen molar-refractivity contribution in [2.75, 3.05) is 72.0 Å². The molecule has 2 aliphatic heterocycles. The van der Waals surface area contributed by atoms with Crippen molar-refractivity contribution in [3.05, 3.63) is 0 Å². The van der Waals surface area contributed by atoms with E-state index in [1.54, 1.807) is 0 Å². The molecule has 0 aliphatic carbocycles. The Morgan fingerprint density at radius 3 is 1.71 bits per heavy atom. The summed E-state index contributed by atoms with van der Waals surface area (Å²) in [6.45, 7) is 16.0. The summed E-state index contributed by atoms with van der Waals surface area (Å²) in [5.74, 6) is 0. The number of hydrogen-bond acceptors (Lipinski definition) is 4. The second-order valence-corrected chi connectivity index (χ2v) is 5.27. The van der Waals surface area contributed by atoms with Crippen LogP contribution in [0.3, 0.4) is 0 Å². The highest BCUT2D eigenvalue weighted by molar-refractivity contribution is 4.74. The van der Waals surface area contributed by atoms with E-state index in [4.69, 9.17) is 0 Å². The van der Waals surface area contributed by atoms with Gasteiger partial charge in [-0.3, -0.25) is 9.80 Å². The molecule has 2 rings (SSSR count). The number of piperazine rings is 2. The second-order valence-electron chi connectivity index (χ2n) is 5.27. The smallest absolute Gasteiger partial charge is 0.0110 e. The Morgan fingerprint density at radius 2 is 1.18 bits per heavy atom. The number of nitrogens with zero attached hydrogens (tertiary/aromatic N) is 3. The van der Waals surface area contributed by atoms with Gasteiger partial charge in [0.2, 0.25) is 0 Å². The molecule has 0 atom stereocenters. The van der Waals surface area contributed by atoms with Crippen LogP contribution < -0.4 is 5.32 Å². The summed E-state index contributed by atoms with van der Waals surface area (Å²) in [4.78, 5) is 7.82. The molecule has 1 N–H and O–H groups in total. The summed E-state index contributed by atoms with van der Waals surface area (Å²) in [5.41, 5.74) is 0. The molecule has 0 aromatic heterocycles. The topological polar surface area (TPSA) is 21.8 Å². The van der Waals surface area contributed by atoms with Crippen LogP contribution in [-0.2, 0) is 0 Å². The van der Waals surface area contributed by atoms with Gasteiger partial charge in [0.25, 0.3) is 0 Å². The Labute approximate surface area is 106 Å².